The Morgan fingerprint density at radius 2 is 1.90 bits per heavy atom. The van der Waals surface area contributed by atoms with Gasteiger partial charge in [-0.25, -0.2) is 17.4 Å². The predicted octanol–water partition coefficient (Wildman–Crippen LogP) is 7.44. The van der Waals surface area contributed by atoms with Crippen molar-refractivity contribution in [2.75, 3.05) is 13.7 Å². The Hall–Kier alpha value is -4.19. The molecular formula is C35H40F3N5O4SSi. The summed E-state index contributed by atoms with van der Waals surface area (Å²) < 4.78 is 78.5. The van der Waals surface area contributed by atoms with E-state index < -0.39 is 41.0 Å². The molecule has 2 atom stereocenters. The van der Waals surface area contributed by atoms with Crippen LogP contribution in [-0.2, 0) is 26.3 Å². The highest BCUT2D eigenvalue weighted by Crippen LogP contribution is 2.40. The zero-order valence-corrected chi connectivity index (χ0v) is 30.4. The van der Waals surface area contributed by atoms with Gasteiger partial charge in [-0.1, -0.05) is 55.6 Å². The molecule has 0 spiro atoms. The lowest BCUT2D eigenvalue weighted by molar-refractivity contribution is -0.185. The van der Waals surface area contributed by atoms with Crippen molar-refractivity contribution in [2.45, 2.75) is 76.6 Å². The Labute approximate surface area is 285 Å². The van der Waals surface area contributed by atoms with Gasteiger partial charge in [0.15, 0.2) is 0 Å². The topological polar surface area (TPSA) is 110 Å². The summed E-state index contributed by atoms with van der Waals surface area (Å²) in [4.78, 5) is 18.3. The van der Waals surface area contributed by atoms with Crippen LogP contribution in [0.5, 0.6) is 0 Å². The summed E-state index contributed by atoms with van der Waals surface area (Å²) in [6.45, 7) is 12.1. The van der Waals surface area contributed by atoms with Crippen LogP contribution in [0.4, 0.5) is 13.2 Å². The molecule has 0 radical (unpaired) electrons. The van der Waals surface area contributed by atoms with Crippen LogP contribution in [0, 0.1) is 18.3 Å². The minimum atomic E-state index is -5.21. The summed E-state index contributed by atoms with van der Waals surface area (Å²) in [7, 11) is -4.50. The molecule has 0 aliphatic heterocycles. The Balaban J connectivity index is 1.76. The molecule has 2 unspecified atom stereocenters. The molecule has 9 nitrogen and oxygen atoms in total. The van der Waals surface area contributed by atoms with E-state index in [4.69, 9.17) is 9.72 Å². The van der Waals surface area contributed by atoms with E-state index in [2.05, 4.69) is 25.7 Å². The second-order valence-electron chi connectivity index (χ2n) is 14.0. The van der Waals surface area contributed by atoms with E-state index in [0.717, 1.165) is 18.7 Å². The predicted molar refractivity (Wildman–Crippen MR) is 186 cm³/mol. The van der Waals surface area contributed by atoms with Gasteiger partial charge in [0.05, 0.1) is 28.2 Å². The first kappa shape index (κ1) is 36.1. The molecule has 14 heteroatoms. The number of alkyl halides is 3. The van der Waals surface area contributed by atoms with Gasteiger partial charge >= 0.3 is 12.1 Å². The molecule has 2 aromatic heterocycles. The number of aromatic nitrogens is 3. The standard InChI is InChI=1S/C35H40F3N5O4SSi/c1-23-9-8-15-34(3,20-23)48(45,46)43-16-14-27-26(12-10-24(2)30(27)43)31(41(4)33(44)35(36,37)38)32-40-28-19-25(21-39)11-13-29(28)42(32)22-47-17-18-49(5,6)7/h8-14,16,19-20,31H,15,17-18,22H2,1-7H3. The van der Waals surface area contributed by atoms with Crippen LogP contribution in [-0.4, -0.2) is 65.4 Å². The number of fused-ring (bicyclic) bond motifs is 2. The Bertz CT molecular complexity index is 2160. The number of imidazole rings is 1. The molecule has 1 aliphatic carbocycles. The van der Waals surface area contributed by atoms with Crippen LogP contribution in [0.1, 0.15) is 48.8 Å². The number of nitrogens with zero attached hydrogens (tertiary/aromatic N) is 5. The molecule has 4 aromatic rings. The van der Waals surface area contributed by atoms with Crippen molar-refractivity contribution in [3.05, 3.63) is 88.9 Å². The van der Waals surface area contributed by atoms with Crippen LogP contribution in [0.25, 0.3) is 21.9 Å². The van der Waals surface area contributed by atoms with Crippen molar-refractivity contribution < 1.29 is 31.1 Å². The van der Waals surface area contributed by atoms with Gasteiger partial charge in [-0.3, -0.25) is 4.79 Å². The van der Waals surface area contributed by atoms with E-state index in [0.29, 0.717) is 39.1 Å². The van der Waals surface area contributed by atoms with Gasteiger partial charge in [-0.15, -0.1) is 0 Å². The van der Waals surface area contributed by atoms with Crippen molar-refractivity contribution >= 4 is 45.9 Å². The van der Waals surface area contributed by atoms with E-state index in [1.54, 1.807) is 60.9 Å². The summed E-state index contributed by atoms with van der Waals surface area (Å²) in [5.41, 5.74) is 3.05. The monoisotopic (exact) mass is 711 g/mol. The number of halogens is 3. The molecule has 49 heavy (non-hydrogen) atoms. The van der Waals surface area contributed by atoms with E-state index in [-0.39, 0.29) is 30.1 Å². The third-order valence-electron chi connectivity index (χ3n) is 8.95. The fraction of sp³-hybridized carbons (Fsp3) is 0.400. The van der Waals surface area contributed by atoms with Gasteiger partial charge in [-0.2, -0.15) is 18.4 Å². The first-order valence-corrected chi connectivity index (χ1v) is 21.0. The molecule has 0 N–H and O–H groups in total. The van der Waals surface area contributed by atoms with Crippen LogP contribution < -0.4 is 0 Å². The minimum absolute atomic E-state index is 0.0712. The van der Waals surface area contributed by atoms with Crippen LogP contribution in [0.2, 0.25) is 25.7 Å². The summed E-state index contributed by atoms with van der Waals surface area (Å²) in [6, 6.07) is 11.0. The van der Waals surface area contributed by atoms with Crippen molar-refractivity contribution in [1.82, 2.24) is 18.4 Å². The van der Waals surface area contributed by atoms with Crippen LogP contribution in [0.15, 0.2) is 66.4 Å². The second kappa shape index (κ2) is 12.9. The molecule has 1 aliphatic rings. The first-order chi connectivity index (χ1) is 22.8. The highest BCUT2D eigenvalue weighted by atomic mass is 32.2. The van der Waals surface area contributed by atoms with Crippen molar-refractivity contribution in [3.63, 3.8) is 0 Å². The SMILES string of the molecule is CC1=CC(C)(S(=O)(=O)n2ccc3c(C(c4nc5cc(C#N)ccc5n4COCC[Si](C)(C)C)N(C)C(=O)C(F)(F)F)ccc(C)c32)CC=C1. The smallest absolute Gasteiger partial charge is 0.361 e. The molecule has 0 saturated heterocycles. The lowest BCUT2D eigenvalue weighted by atomic mass is 9.98. The summed E-state index contributed by atoms with van der Waals surface area (Å²) in [6.07, 6.45) is 1.80. The minimum Gasteiger partial charge on any atom is -0.361 e. The van der Waals surface area contributed by atoms with Crippen LogP contribution >= 0.6 is 0 Å². The maximum absolute atomic E-state index is 14.3. The summed E-state index contributed by atoms with van der Waals surface area (Å²) in [5, 5.41) is 9.91. The third kappa shape index (κ3) is 6.84. The molecule has 0 fully saturated rings. The van der Waals surface area contributed by atoms with Crippen molar-refractivity contribution in [3.8, 4) is 6.07 Å². The number of rotatable bonds is 10. The van der Waals surface area contributed by atoms with E-state index in [1.807, 2.05) is 13.0 Å². The highest BCUT2D eigenvalue weighted by molar-refractivity contribution is 7.91. The van der Waals surface area contributed by atoms with Crippen molar-refractivity contribution in [1.29, 1.82) is 5.26 Å². The van der Waals surface area contributed by atoms with Crippen LogP contribution in [0.3, 0.4) is 0 Å². The van der Waals surface area contributed by atoms with Gasteiger partial charge in [0.2, 0.25) is 10.0 Å². The van der Waals surface area contributed by atoms with Gasteiger partial charge in [-0.05, 0) is 68.6 Å². The Morgan fingerprint density at radius 3 is 2.53 bits per heavy atom. The molecule has 1 amide bonds. The van der Waals surface area contributed by atoms with Crippen molar-refractivity contribution in [2.24, 2.45) is 0 Å². The lowest BCUT2D eigenvalue weighted by Crippen LogP contribution is -2.42. The fourth-order valence-corrected chi connectivity index (χ4v) is 8.81. The lowest BCUT2D eigenvalue weighted by Gasteiger charge is -2.31. The van der Waals surface area contributed by atoms with Gasteiger partial charge < -0.3 is 14.2 Å². The van der Waals surface area contributed by atoms with E-state index in [9.17, 15) is 31.6 Å². The number of carbonyl (C=O) groups excluding carboxylic acids is 1. The average molecular weight is 712 g/mol. The number of ether oxygens (including phenoxy) is 1. The number of hydrogen-bond acceptors (Lipinski definition) is 6. The van der Waals surface area contributed by atoms with Gasteiger partial charge in [0.25, 0.3) is 0 Å². The maximum Gasteiger partial charge on any atom is 0.471 e. The zero-order chi connectivity index (χ0) is 36.1. The fourth-order valence-electron chi connectivity index (χ4n) is 6.26. The number of aryl methyl sites for hydroxylation is 1. The molecular weight excluding hydrogens is 672 g/mol. The normalized spacial score (nSPS) is 17.7. The molecule has 2 heterocycles. The quantitative estimate of drug-likeness (QED) is 0.125. The molecule has 5 rings (SSSR count). The Morgan fingerprint density at radius 1 is 1.18 bits per heavy atom. The largest absolute Gasteiger partial charge is 0.471 e. The maximum atomic E-state index is 14.3. The highest BCUT2D eigenvalue weighted by Gasteiger charge is 2.46. The van der Waals surface area contributed by atoms with Gasteiger partial charge in [0.1, 0.15) is 23.3 Å². The number of amides is 1. The van der Waals surface area contributed by atoms with E-state index >= 15 is 0 Å². The molecule has 0 saturated carbocycles. The van der Waals surface area contributed by atoms with Gasteiger partial charge in [0, 0.05) is 33.3 Å². The third-order valence-corrected chi connectivity index (χ3v) is 12.9. The summed E-state index contributed by atoms with van der Waals surface area (Å²) in [5.74, 6) is -2.03. The second-order valence-corrected chi connectivity index (χ2v) is 21.9. The zero-order valence-electron chi connectivity index (χ0n) is 28.6. The number of benzene rings is 2. The molecule has 260 valence electrons. The number of allylic oxidation sites excluding steroid dienone is 3. The first-order valence-electron chi connectivity index (χ1n) is 15.8. The summed E-state index contributed by atoms with van der Waals surface area (Å²) >= 11 is 0. The molecule has 0 bridgehead atoms. The number of carbonyl (C=O) groups is 1. The number of nitriles is 1. The number of hydrogen-bond donors (Lipinski definition) is 0. The average Bonchev–Trinajstić information content (AvgIpc) is 3.62. The van der Waals surface area contributed by atoms with E-state index in [1.165, 1.54) is 16.2 Å². The molecule has 2 aromatic carbocycles. The Kier molecular flexibility index (Phi) is 9.52.